The van der Waals surface area contributed by atoms with E-state index in [1.165, 1.54) is 12.1 Å². The average molecular weight is 220 g/mol. The van der Waals surface area contributed by atoms with Gasteiger partial charge in [0.2, 0.25) is 0 Å². The Morgan fingerprint density at radius 2 is 1.81 bits per heavy atom. The van der Waals surface area contributed by atoms with Crippen LogP contribution >= 0.6 is 0 Å². The summed E-state index contributed by atoms with van der Waals surface area (Å²) in [6.07, 6.45) is 2.38. The molecule has 1 fully saturated rings. The van der Waals surface area contributed by atoms with E-state index in [4.69, 9.17) is 0 Å². The highest BCUT2D eigenvalue weighted by Gasteiger charge is 2.52. The molecule has 1 unspecified atom stereocenters. The first-order chi connectivity index (χ1) is 7.64. The van der Waals surface area contributed by atoms with Crippen LogP contribution in [0.5, 0.6) is 0 Å². The quantitative estimate of drug-likeness (QED) is 0.759. The fourth-order valence-corrected chi connectivity index (χ4v) is 2.92. The van der Waals surface area contributed by atoms with E-state index >= 15 is 0 Å². The average Bonchev–Trinajstić information content (AvgIpc) is 2.29. The minimum absolute atomic E-state index is 0.183. The van der Waals surface area contributed by atoms with Crippen LogP contribution in [0.1, 0.15) is 44.6 Å². The smallest absolute Gasteiger partial charge is 0.140 e. The SMILES string of the molecule is CCC1(CC)C(=O)CC1c1ccc(F)cc1. The van der Waals surface area contributed by atoms with Crippen LogP contribution in [-0.2, 0) is 4.79 Å². The molecule has 0 aliphatic heterocycles. The van der Waals surface area contributed by atoms with Crippen LogP contribution in [0.3, 0.4) is 0 Å². The van der Waals surface area contributed by atoms with Gasteiger partial charge in [-0.05, 0) is 30.5 Å². The van der Waals surface area contributed by atoms with E-state index in [1.807, 2.05) is 12.1 Å². The van der Waals surface area contributed by atoms with Crippen LogP contribution in [0.4, 0.5) is 4.39 Å². The summed E-state index contributed by atoms with van der Waals surface area (Å²) in [5.74, 6) is 0.440. The third-order valence-corrected chi connectivity index (χ3v) is 4.15. The van der Waals surface area contributed by atoms with Crippen molar-refractivity contribution in [3.8, 4) is 0 Å². The predicted molar refractivity (Wildman–Crippen MR) is 61.8 cm³/mol. The largest absolute Gasteiger partial charge is 0.299 e. The Morgan fingerprint density at radius 1 is 1.25 bits per heavy atom. The van der Waals surface area contributed by atoms with Gasteiger partial charge in [0.15, 0.2) is 0 Å². The number of ketones is 1. The lowest BCUT2D eigenvalue weighted by Crippen LogP contribution is -2.47. The Labute approximate surface area is 95.7 Å². The van der Waals surface area contributed by atoms with Crippen LogP contribution in [0.15, 0.2) is 24.3 Å². The van der Waals surface area contributed by atoms with Crippen molar-refractivity contribution in [3.05, 3.63) is 35.6 Å². The second-order valence-corrected chi connectivity index (χ2v) is 4.59. The molecule has 0 saturated heterocycles. The first-order valence-electron chi connectivity index (χ1n) is 5.92. The van der Waals surface area contributed by atoms with Crippen molar-refractivity contribution in [2.75, 3.05) is 0 Å². The fourth-order valence-electron chi connectivity index (χ4n) is 2.92. The lowest BCUT2D eigenvalue weighted by molar-refractivity contribution is -0.141. The molecule has 1 saturated carbocycles. The first-order valence-corrected chi connectivity index (χ1v) is 5.92. The maximum atomic E-state index is 12.8. The van der Waals surface area contributed by atoms with Crippen molar-refractivity contribution >= 4 is 5.78 Å². The molecular formula is C14H17FO. The van der Waals surface area contributed by atoms with E-state index in [1.54, 1.807) is 0 Å². The van der Waals surface area contributed by atoms with E-state index in [-0.39, 0.29) is 17.2 Å². The van der Waals surface area contributed by atoms with Crippen molar-refractivity contribution < 1.29 is 9.18 Å². The Balaban J connectivity index is 2.29. The number of rotatable bonds is 3. The number of hydrogen-bond donors (Lipinski definition) is 0. The highest BCUT2D eigenvalue weighted by Crippen LogP contribution is 2.54. The molecule has 1 atom stereocenters. The molecule has 1 aliphatic rings. The summed E-state index contributed by atoms with van der Waals surface area (Å²) in [6.45, 7) is 4.13. The Bertz CT molecular complexity index is 390. The Hall–Kier alpha value is -1.18. The van der Waals surface area contributed by atoms with Gasteiger partial charge in [-0.25, -0.2) is 4.39 Å². The summed E-state index contributed by atoms with van der Waals surface area (Å²) in [4.78, 5) is 11.8. The maximum Gasteiger partial charge on any atom is 0.140 e. The van der Waals surface area contributed by atoms with Gasteiger partial charge in [0.1, 0.15) is 11.6 Å². The zero-order valence-electron chi connectivity index (χ0n) is 9.79. The van der Waals surface area contributed by atoms with Gasteiger partial charge in [-0.1, -0.05) is 26.0 Å². The molecular weight excluding hydrogens is 203 g/mol. The number of carbonyl (C=O) groups is 1. The van der Waals surface area contributed by atoms with E-state index in [0.29, 0.717) is 12.2 Å². The fraction of sp³-hybridized carbons (Fsp3) is 0.500. The van der Waals surface area contributed by atoms with Gasteiger partial charge in [0.25, 0.3) is 0 Å². The summed E-state index contributed by atoms with van der Waals surface area (Å²) in [7, 11) is 0. The van der Waals surface area contributed by atoms with Crippen molar-refractivity contribution in [3.63, 3.8) is 0 Å². The second kappa shape index (κ2) is 4.00. The number of benzene rings is 1. The van der Waals surface area contributed by atoms with Crippen LogP contribution in [0, 0.1) is 11.2 Å². The zero-order valence-corrected chi connectivity index (χ0v) is 9.79. The third-order valence-electron chi connectivity index (χ3n) is 4.15. The van der Waals surface area contributed by atoms with Crippen LogP contribution < -0.4 is 0 Å². The predicted octanol–water partition coefficient (Wildman–Crippen LogP) is 3.69. The Morgan fingerprint density at radius 3 is 2.25 bits per heavy atom. The van der Waals surface area contributed by atoms with Gasteiger partial charge in [-0.2, -0.15) is 0 Å². The van der Waals surface area contributed by atoms with Gasteiger partial charge >= 0.3 is 0 Å². The van der Waals surface area contributed by atoms with Crippen LogP contribution in [0.2, 0.25) is 0 Å². The molecule has 0 heterocycles. The summed E-state index contributed by atoms with van der Waals surface area (Å²) >= 11 is 0. The summed E-state index contributed by atoms with van der Waals surface area (Å²) in [6, 6.07) is 6.58. The molecule has 2 rings (SSSR count). The van der Waals surface area contributed by atoms with Gasteiger partial charge in [0, 0.05) is 17.8 Å². The van der Waals surface area contributed by atoms with E-state index in [2.05, 4.69) is 13.8 Å². The molecule has 1 aromatic rings. The van der Waals surface area contributed by atoms with Crippen molar-refractivity contribution in [2.24, 2.45) is 5.41 Å². The van der Waals surface area contributed by atoms with Crippen LogP contribution in [-0.4, -0.2) is 5.78 Å². The minimum atomic E-state index is -0.215. The molecule has 0 N–H and O–H groups in total. The van der Waals surface area contributed by atoms with Gasteiger partial charge < -0.3 is 0 Å². The zero-order chi connectivity index (χ0) is 11.8. The monoisotopic (exact) mass is 220 g/mol. The van der Waals surface area contributed by atoms with Crippen molar-refractivity contribution in [1.82, 2.24) is 0 Å². The molecule has 0 amide bonds. The second-order valence-electron chi connectivity index (χ2n) is 4.59. The van der Waals surface area contributed by atoms with Crippen LogP contribution in [0.25, 0.3) is 0 Å². The number of halogens is 1. The van der Waals surface area contributed by atoms with E-state index in [9.17, 15) is 9.18 Å². The van der Waals surface area contributed by atoms with Gasteiger partial charge in [-0.3, -0.25) is 4.79 Å². The lowest BCUT2D eigenvalue weighted by Gasteiger charge is -2.47. The molecule has 0 aromatic heterocycles. The summed E-state index contributed by atoms with van der Waals surface area (Å²) in [5, 5.41) is 0. The summed E-state index contributed by atoms with van der Waals surface area (Å²) < 4.78 is 12.8. The molecule has 0 spiro atoms. The molecule has 0 bridgehead atoms. The van der Waals surface area contributed by atoms with Crippen molar-refractivity contribution in [2.45, 2.75) is 39.0 Å². The standard InChI is InChI=1S/C14H17FO/c1-3-14(4-2)12(9-13(14)16)10-5-7-11(15)8-6-10/h5-8,12H,3-4,9H2,1-2H3. The number of hydrogen-bond acceptors (Lipinski definition) is 1. The van der Waals surface area contributed by atoms with E-state index in [0.717, 1.165) is 18.4 Å². The molecule has 1 aromatic carbocycles. The van der Waals surface area contributed by atoms with Gasteiger partial charge in [-0.15, -0.1) is 0 Å². The van der Waals surface area contributed by atoms with E-state index < -0.39 is 0 Å². The topological polar surface area (TPSA) is 17.1 Å². The normalized spacial score (nSPS) is 22.9. The molecule has 1 nitrogen and oxygen atoms in total. The Kier molecular flexibility index (Phi) is 2.83. The minimum Gasteiger partial charge on any atom is -0.299 e. The molecule has 0 radical (unpaired) electrons. The molecule has 2 heteroatoms. The highest BCUT2D eigenvalue weighted by atomic mass is 19.1. The summed E-state index contributed by atoms with van der Waals surface area (Å²) in [5.41, 5.74) is 0.919. The van der Waals surface area contributed by atoms with Crippen molar-refractivity contribution in [1.29, 1.82) is 0 Å². The maximum absolute atomic E-state index is 12.8. The first kappa shape index (κ1) is 11.3. The lowest BCUT2D eigenvalue weighted by atomic mass is 9.54. The third kappa shape index (κ3) is 1.48. The highest BCUT2D eigenvalue weighted by molar-refractivity contribution is 5.93. The van der Waals surface area contributed by atoms with Gasteiger partial charge in [0.05, 0.1) is 0 Å². The molecule has 86 valence electrons. The number of Topliss-reactive ketones (excluding diaryl/α,β-unsaturated/α-hetero) is 1. The number of carbonyl (C=O) groups excluding carboxylic acids is 1. The molecule has 1 aliphatic carbocycles. The molecule has 16 heavy (non-hydrogen) atoms.